The lowest BCUT2D eigenvalue weighted by atomic mass is 10.0. The lowest BCUT2D eigenvalue weighted by Gasteiger charge is -2.22. The summed E-state index contributed by atoms with van der Waals surface area (Å²) in [5.41, 5.74) is 0.481. The van der Waals surface area contributed by atoms with Crippen molar-refractivity contribution in [2.75, 3.05) is 26.4 Å². The minimum Gasteiger partial charge on any atom is -0.493 e. The maximum Gasteiger partial charge on any atom is 0.240 e. The van der Waals surface area contributed by atoms with Gasteiger partial charge in [0.15, 0.2) is 0 Å². The average Bonchev–Trinajstić information content (AvgIpc) is 2.59. The van der Waals surface area contributed by atoms with Gasteiger partial charge in [-0.3, -0.25) is 0 Å². The molecule has 136 valence electrons. The number of rotatable bonds is 8. The minimum absolute atomic E-state index is 0.144. The summed E-state index contributed by atoms with van der Waals surface area (Å²) in [7, 11) is -3.57. The van der Waals surface area contributed by atoms with Crippen LogP contribution < -0.4 is 9.46 Å². The van der Waals surface area contributed by atoms with Crippen molar-refractivity contribution < 1.29 is 23.0 Å². The zero-order chi connectivity index (χ0) is 17.6. The van der Waals surface area contributed by atoms with E-state index in [4.69, 9.17) is 9.47 Å². The Morgan fingerprint density at radius 3 is 2.67 bits per heavy atom. The van der Waals surface area contributed by atoms with E-state index in [1.165, 1.54) is 12.1 Å². The summed E-state index contributed by atoms with van der Waals surface area (Å²) >= 11 is 0. The highest BCUT2D eigenvalue weighted by Gasteiger charge is 2.18. The van der Waals surface area contributed by atoms with Crippen LogP contribution in [0, 0.1) is 11.8 Å². The van der Waals surface area contributed by atoms with E-state index in [1.54, 1.807) is 6.07 Å². The first kappa shape index (κ1) is 19.2. The van der Waals surface area contributed by atoms with Gasteiger partial charge in [0.05, 0.1) is 18.1 Å². The molecule has 0 aromatic heterocycles. The van der Waals surface area contributed by atoms with E-state index in [1.807, 2.05) is 13.8 Å². The average molecular weight is 357 g/mol. The van der Waals surface area contributed by atoms with Crippen molar-refractivity contribution in [2.24, 2.45) is 11.8 Å². The standard InChI is InChI=1S/C17H27NO5S/c1-13(2)10-18-24(20,21)16-3-4-17(15(9-16)11-19)23-12-14-5-7-22-8-6-14/h3-4,9,13-14,18-19H,5-8,10-12H2,1-2H3. The molecule has 2 N–H and O–H groups in total. The van der Waals surface area contributed by atoms with Gasteiger partial charge in [-0.15, -0.1) is 0 Å². The van der Waals surface area contributed by atoms with Crippen molar-refractivity contribution in [3.05, 3.63) is 23.8 Å². The van der Waals surface area contributed by atoms with Gasteiger partial charge in [-0.05, 0) is 42.9 Å². The van der Waals surface area contributed by atoms with E-state index in [2.05, 4.69) is 4.72 Å². The van der Waals surface area contributed by atoms with Crippen molar-refractivity contribution in [2.45, 2.75) is 38.2 Å². The molecule has 0 radical (unpaired) electrons. The van der Waals surface area contributed by atoms with Crippen LogP contribution in [0.5, 0.6) is 5.75 Å². The first-order chi connectivity index (χ1) is 11.4. The Hall–Kier alpha value is -1.15. The quantitative estimate of drug-likeness (QED) is 0.742. The second-order valence-corrected chi connectivity index (χ2v) is 8.31. The molecule has 0 atom stereocenters. The molecule has 1 aromatic carbocycles. The molecule has 1 fully saturated rings. The van der Waals surface area contributed by atoms with Crippen LogP contribution in [0.4, 0.5) is 0 Å². The van der Waals surface area contributed by atoms with Crippen LogP contribution >= 0.6 is 0 Å². The van der Waals surface area contributed by atoms with Gasteiger partial charge in [-0.1, -0.05) is 13.8 Å². The van der Waals surface area contributed by atoms with Crippen LogP contribution in [0.1, 0.15) is 32.3 Å². The highest BCUT2D eigenvalue weighted by atomic mass is 32.2. The fourth-order valence-corrected chi connectivity index (χ4v) is 3.73. The zero-order valence-corrected chi connectivity index (χ0v) is 15.1. The molecule has 7 heteroatoms. The lowest BCUT2D eigenvalue weighted by Crippen LogP contribution is -2.27. The number of aliphatic hydroxyl groups excluding tert-OH is 1. The van der Waals surface area contributed by atoms with Gasteiger partial charge in [0.1, 0.15) is 5.75 Å². The molecule has 1 aliphatic rings. The maximum absolute atomic E-state index is 12.3. The van der Waals surface area contributed by atoms with E-state index >= 15 is 0 Å². The largest absolute Gasteiger partial charge is 0.493 e. The number of nitrogens with one attached hydrogen (secondary N) is 1. The van der Waals surface area contributed by atoms with E-state index in [0.717, 1.165) is 26.1 Å². The van der Waals surface area contributed by atoms with E-state index < -0.39 is 10.0 Å². The van der Waals surface area contributed by atoms with Crippen molar-refractivity contribution in [1.82, 2.24) is 4.72 Å². The second-order valence-electron chi connectivity index (χ2n) is 6.54. The first-order valence-electron chi connectivity index (χ1n) is 8.36. The number of sulfonamides is 1. The predicted molar refractivity (Wildman–Crippen MR) is 91.4 cm³/mol. The Balaban J connectivity index is 2.06. The van der Waals surface area contributed by atoms with Crippen LogP contribution in [0.2, 0.25) is 0 Å². The molecule has 0 amide bonds. The summed E-state index contributed by atoms with van der Waals surface area (Å²) in [6.45, 7) is 6.03. The van der Waals surface area contributed by atoms with Crippen LogP contribution in [-0.4, -0.2) is 39.9 Å². The fraction of sp³-hybridized carbons (Fsp3) is 0.647. The van der Waals surface area contributed by atoms with Crippen molar-refractivity contribution >= 4 is 10.0 Å². The summed E-state index contributed by atoms with van der Waals surface area (Å²) in [5.74, 6) is 1.19. The van der Waals surface area contributed by atoms with Crippen LogP contribution in [0.25, 0.3) is 0 Å². The van der Waals surface area contributed by atoms with Crippen molar-refractivity contribution in [3.63, 3.8) is 0 Å². The van der Waals surface area contributed by atoms with Gasteiger partial charge in [-0.25, -0.2) is 13.1 Å². The fourth-order valence-electron chi connectivity index (χ4n) is 2.47. The van der Waals surface area contributed by atoms with Gasteiger partial charge in [0, 0.05) is 25.3 Å². The third kappa shape index (κ3) is 5.44. The molecule has 24 heavy (non-hydrogen) atoms. The summed E-state index contributed by atoms with van der Waals surface area (Å²) < 4.78 is 38.2. The molecular formula is C17H27NO5S. The molecule has 1 aromatic rings. The predicted octanol–water partition coefficient (Wildman–Crippen LogP) is 1.92. The smallest absolute Gasteiger partial charge is 0.240 e. The summed E-state index contributed by atoms with van der Waals surface area (Å²) in [6.07, 6.45) is 1.92. The minimum atomic E-state index is -3.57. The highest BCUT2D eigenvalue weighted by molar-refractivity contribution is 7.89. The van der Waals surface area contributed by atoms with Crippen LogP contribution in [0.15, 0.2) is 23.1 Å². The van der Waals surface area contributed by atoms with Gasteiger partial charge >= 0.3 is 0 Å². The van der Waals surface area contributed by atoms with Crippen molar-refractivity contribution in [3.8, 4) is 5.75 Å². The SMILES string of the molecule is CC(C)CNS(=O)(=O)c1ccc(OCC2CCOCC2)c(CO)c1. The van der Waals surface area contributed by atoms with Crippen molar-refractivity contribution in [1.29, 1.82) is 0 Å². The Morgan fingerprint density at radius 1 is 1.33 bits per heavy atom. The maximum atomic E-state index is 12.3. The molecule has 0 aliphatic carbocycles. The Morgan fingerprint density at radius 2 is 2.04 bits per heavy atom. The molecule has 2 rings (SSSR count). The summed E-state index contributed by atoms with van der Waals surface area (Å²) in [4.78, 5) is 0.144. The van der Waals surface area contributed by atoms with Gasteiger partial charge < -0.3 is 14.6 Å². The number of benzene rings is 1. The highest BCUT2D eigenvalue weighted by Crippen LogP contribution is 2.25. The summed E-state index contributed by atoms with van der Waals surface area (Å²) in [6, 6.07) is 4.61. The molecule has 0 bridgehead atoms. The molecular weight excluding hydrogens is 330 g/mol. The van der Waals surface area contributed by atoms with Gasteiger partial charge in [0.2, 0.25) is 10.0 Å². The second kappa shape index (κ2) is 8.80. The van der Waals surface area contributed by atoms with E-state index in [9.17, 15) is 13.5 Å². The lowest BCUT2D eigenvalue weighted by molar-refractivity contribution is 0.0494. The number of hydrogen-bond acceptors (Lipinski definition) is 5. The topological polar surface area (TPSA) is 84.9 Å². The molecule has 1 heterocycles. The molecule has 1 aliphatic heterocycles. The van der Waals surface area contributed by atoms with E-state index in [0.29, 0.717) is 30.4 Å². The Kier molecular flexibility index (Phi) is 7.03. The third-order valence-corrected chi connectivity index (χ3v) is 5.43. The summed E-state index contributed by atoms with van der Waals surface area (Å²) in [5, 5.41) is 9.55. The Bertz CT molecular complexity index is 624. The molecule has 1 saturated heterocycles. The van der Waals surface area contributed by atoms with E-state index in [-0.39, 0.29) is 17.4 Å². The van der Waals surface area contributed by atoms with Crippen LogP contribution in [0.3, 0.4) is 0 Å². The Labute approximate surface area is 144 Å². The monoisotopic (exact) mass is 357 g/mol. The number of hydrogen-bond donors (Lipinski definition) is 2. The number of aliphatic hydroxyl groups is 1. The third-order valence-electron chi connectivity index (χ3n) is 4.01. The number of ether oxygens (including phenoxy) is 2. The first-order valence-corrected chi connectivity index (χ1v) is 9.84. The molecule has 0 unspecified atom stereocenters. The normalized spacial score (nSPS) is 16.5. The molecule has 6 nitrogen and oxygen atoms in total. The zero-order valence-electron chi connectivity index (χ0n) is 14.3. The molecule has 0 saturated carbocycles. The molecule has 0 spiro atoms. The van der Waals surface area contributed by atoms with Crippen LogP contribution in [-0.2, 0) is 21.4 Å². The van der Waals surface area contributed by atoms with Gasteiger partial charge in [0.25, 0.3) is 0 Å². The van der Waals surface area contributed by atoms with Gasteiger partial charge in [-0.2, -0.15) is 0 Å².